The summed E-state index contributed by atoms with van der Waals surface area (Å²) in [5.74, 6) is 0. The van der Waals surface area contributed by atoms with Crippen molar-refractivity contribution in [1.82, 2.24) is 20.2 Å². The standard InChI is InChI=1S/C13H20N4O3/c1-19-9-7-16-13(18)17-8-2-4-11(10-17)20-12-14-5-3-6-15-12/h3,5-6,11H,2,4,7-10H2,1H3,(H,16,18). The molecule has 1 atom stereocenters. The zero-order valence-corrected chi connectivity index (χ0v) is 11.6. The first-order valence-electron chi connectivity index (χ1n) is 6.75. The molecule has 0 spiro atoms. The molecular formula is C13H20N4O3. The van der Waals surface area contributed by atoms with E-state index in [0.29, 0.717) is 25.7 Å². The number of rotatable bonds is 5. The Morgan fingerprint density at radius 3 is 3.05 bits per heavy atom. The minimum Gasteiger partial charge on any atom is -0.458 e. The fourth-order valence-electron chi connectivity index (χ4n) is 2.09. The number of amides is 2. The topological polar surface area (TPSA) is 76.6 Å². The van der Waals surface area contributed by atoms with Crippen LogP contribution in [0.5, 0.6) is 6.01 Å². The molecule has 1 aliphatic rings. The second-order valence-corrected chi connectivity index (χ2v) is 4.58. The maximum Gasteiger partial charge on any atom is 0.317 e. The van der Waals surface area contributed by atoms with E-state index < -0.39 is 0 Å². The summed E-state index contributed by atoms with van der Waals surface area (Å²) in [5.41, 5.74) is 0. The summed E-state index contributed by atoms with van der Waals surface area (Å²) in [6.45, 7) is 2.32. The van der Waals surface area contributed by atoms with E-state index in [9.17, 15) is 4.79 Å². The lowest BCUT2D eigenvalue weighted by atomic mass is 10.1. The maximum atomic E-state index is 11.9. The lowest BCUT2D eigenvalue weighted by Crippen LogP contribution is -2.49. The Morgan fingerprint density at radius 2 is 2.30 bits per heavy atom. The van der Waals surface area contributed by atoms with Crippen LogP contribution in [-0.2, 0) is 4.74 Å². The molecule has 2 heterocycles. The van der Waals surface area contributed by atoms with Crippen LogP contribution in [0.2, 0.25) is 0 Å². The number of carbonyl (C=O) groups excluding carboxylic acids is 1. The molecule has 0 radical (unpaired) electrons. The molecule has 1 aromatic rings. The summed E-state index contributed by atoms with van der Waals surface area (Å²) in [6, 6.07) is 2.02. The Morgan fingerprint density at radius 1 is 1.50 bits per heavy atom. The van der Waals surface area contributed by atoms with Crippen molar-refractivity contribution in [2.24, 2.45) is 0 Å². The number of carbonyl (C=O) groups is 1. The second-order valence-electron chi connectivity index (χ2n) is 4.58. The molecule has 0 aliphatic carbocycles. The number of nitrogens with zero attached hydrogens (tertiary/aromatic N) is 3. The van der Waals surface area contributed by atoms with Crippen LogP contribution in [0.4, 0.5) is 4.79 Å². The number of aromatic nitrogens is 2. The highest BCUT2D eigenvalue weighted by Crippen LogP contribution is 2.14. The number of methoxy groups -OCH3 is 1. The zero-order chi connectivity index (χ0) is 14.2. The van der Waals surface area contributed by atoms with Gasteiger partial charge >= 0.3 is 12.0 Å². The van der Waals surface area contributed by atoms with Crippen LogP contribution in [0.25, 0.3) is 0 Å². The van der Waals surface area contributed by atoms with Crippen molar-refractivity contribution in [3.8, 4) is 6.01 Å². The number of hydrogen-bond donors (Lipinski definition) is 1. The minimum atomic E-state index is -0.0793. The van der Waals surface area contributed by atoms with Gasteiger partial charge in [0.1, 0.15) is 6.10 Å². The summed E-state index contributed by atoms with van der Waals surface area (Å²) in [4.78, 5) is 21.8. The van der Waals surface area contributed by atoms with Gasteiger partial charge in [-0.2, -0.15) is 0 Å². The molecule has 0 bridgehead atoms. The van der Waals surface area contributed by atoms with Crippen molar-refractivity contribution in [2.45, 2.75) is 18.9 Å². The smallest absolute Gasteiger partial charge is 0.317 e. The van der Waals surface area contributed by atoms with Gasteiger partial charge in [0.25, 0.3) is 0 Å². The maximum absolute atomic E-state index is 11.9. The van der Waals surface area contributed by atoms with E-state index in [2.05, 4.69) is 15.3 Å². The molecule has 2 amide bonds. The molecule has 0 aromatic carbocycles. The molecule has 2 rings (SSSR count). The van der Waals surface area contributed by atoms with E-state index in [1.807, 2.05) is 0 Å². The minimum absolute atomic E-state index is 0.0562. The van der Waals surface area contributed by atoms with Crippen molar-refractivity contribution in [2.75, 3.05) is 33.4 Å². The molecule has 1 aliphatic heterocycles. The van der Waals surface area contributed by atoms with Crippen molar-refractivity contribution in [3.63, 3.8) is 0 Å². The second kappa shape index (κ2) is 7.64. The summed E-state index contributed by atoms with van der Waals surface area (Å²) in [5, 5.41) is 2.81. The summed E-state index contributed by atoms with van der Waals surface area (Å²) < 4.78 is 10.6. The Labute approximate surface area is 118 Å². The lowest BCUT2D eigenvalue weighted by Gasteiger charge is -2.32. The Kier molecular flexibility index (Phi) is 5.55. The van der Waals surface area contributed by atoms with Crippen LogP contribution >= 0.6 is 0 Å². The van der Waals surface area contributed by atoms with Crippen molar-refractivity contribution < 1.29 is 14.3 Å². The van der Waals surface area contributed by atoms with Gasteiger partial charge in [0.2, 0.25) is 0 Å². The molecule has 1 fully saturated rings. The number of hydrogen-bond acceptors (Lipinski definition) is 5. The van der Waals surface area contributed by atoms with Crippen LogP contribution in [-0.4, -0.2) is 60.4 Å². The monoisotopic (exact) mass is 280 g/mol. The average molecular weight is 280 g/mol. The van der Waals surface area contributed by atoms with Gasteiger partial charge in [-0.3, -0.25) is 0 Å². The summed E-state index contributed by atoms with van der Waals surface area (Å²) in [7, 11) is 1.61. The van der Waals surface area contributed by atoms with E-state index in [4.69, 9.17) is 9.47 Å². The first-order chi connectivity index (χ1) is 9.79. The van der Waals surface area contributed by atoms with Gasteiger partial charge in [-0.15, -0.1) is 0 Å². The Hall–Kier alpha value is -1.89. The number of ether oxygens (including phenoxy) is 2. The molecule has 1 N–H and O–H groups in total. The largest absolute Gasteiger partial charge is 0.458 e. The molecule has 1 unspecified atom stereocenters. The third-order valence-electron chi connectivity index (χ3n) is 3.06. The van der Waals surface area contributed by atoms with Gasteiger partial charge in [0, 0.05) is 32.6 Å². The quantitative estimate of drug-likeness (QED) is 0.802. The molecule has 0 saturated carbocycles. The Balaban J connectivity index is 1.80. The molecule has 7 heteroatoms. The van der Waals surface area contributed by atoms with Crippen LogP contribution in [0.1, 0.15) is 12.8 Å². The first kappa shape index (κ1) is 14.5. The number of urea groups is 1. The van der Waals surface area contributed by atoms with E-state index in [-0.39, 0.29) is 12.1 Å². The molecular weight excluding hydrogens is 260 g/mol. The fraction of sp³-hybridized carbons (Fsp3) is 0.615. The first-order valence-corrected chi connectivity index (χ1v) is 6.75. The third-order valence-corrected chi connectivity index (χ3v) is 3.06. The van der Waals surface area contributed by atoms with Crippen molar-refractivity contribution in [1.29, 1.82) is 0 Å². The zero-order valence-electron chi connectivity index (χ0n) is 11.6. The highest BCUT2D eigenvalue weighted by molar-refractivity contribution is 5.74. The summed E-state index contributed by atoms with van der Waals surface area (Å²) in [6.07, 6.45) is 5.04. The predicted molar refractivity (Wildman–Crippen MR) is 72.5 cm³/mol. The molecule has 1 saturated heterocycles. The molecule has 20 heavy (non-hydrogen) atoms. The number of likely N-dealkylation sites (tertiary alicyclic amines) is 1. The highest BCUT2D eigenvalue weighted by atomic mass is 16.5. The average Bonchev–Trinajstić information content (AvgIpc) is 2.49. The van der Waals surface area contributed by atoms with E-state index in [1.165, 1.54) is 0 Å². The van der Waals surface area contributed by atoms with Gasteiger partial charge in [0.15, 0.2) is 0 Å². The molecule has 7 nitrogen and oxygen atoms in total. The molecule has 1 aromatic heterocycles. The van der Waals surface area contributed by atoms with Crippen LogP contribution in [0, 0.1) is 0 Å². The predicted octanol–water partition coefficient (Wildman–Crippen LogP) is 0.676. The SMILES string of the molecule is COCCNC(=O)N1CCCC(Oc2ncccn2)C1. The molecule has 110 valence electrons. The van der Waals surface area contributed by atoms with Crippen LogP contribution < -0.4 is 10.1 Å². The Bertz CT molecular complexity index is 415. The number of nitrogens with one attached hydrogen (secondary N) is 1. The van der Waals surface area contributed by atoms with E-state index >= 15 is 0 Å². The van der Waals surface area contributed by atoms with Gasteiger partial charge in [-0.1, -0.05) is 0 Å². The van der Waals surface area contributed by atoms with Crippen LogP contribution in [0.15, 0.2) is 18.5 Å². The number of piperidine rings is 1. The van der Waals surface area contributed by atoms with Gasteiger partial charge in [-0.05, 0) is 18.9 Å². The van der Waals surface area contributed by atoms with Crippen molar-refractivity contribution in [3.05, 3.63) is 18.5 Å². The van der Waals surface area contributed by atoms with Crippen molar-refractivity contribution >= 4 is 6.03 Å². The third kappa shape index (κ3) is 4.34. The van der Waals surface area contributed by atoms with Gasteiger partial charge in [-0.25, -0.2) is 14.8 Å². The highest BCUT2D eigenvalue weighted by Gasteiger charge is 2.25. The lowest BCUT2D eigenvalue weighted by molar-refractivity contribution is 0.0929. The van der Waals surface area contributed by atoms with Crippen LogP contribution in [0.3, 0.4) is 0 Å². The summed E-state index contributed by atoms with van der Waals surface area (Å²) >= 11 is 0. The van der Waals surface area contributed by atoms with Gasteiger partial charge < -0.3 is 19.7 Å². The van der Waals surface area contributed by atoms with E-state index in [1.54, 1.807) is 30.5 Å². The normalized spacial score (nSPS) is 18.6. The fourth-order valence-corrected chi connectivity index (χ4v) is 2.09. The van der Waals surface area contributed by atoms with Gasteiger partial charge in [0.05, 0.1) is 13.2 Å². The van der Waals surface area contributed by atoms with E-state index in [0.717, 1.165) is 19.4 Å².